The molecule has 1 atom stereocenters. The van der Waals surface area contributed by atoms with Crippen LogP contribution in [0.3, 0.4) is 0 Å². The van der Waals surface area contributed by atoms with E-state index in [0.717, 1.165) is 31.0 Å². The van der Waals surface area contributed by atoms with Crippen LogP contribution < -0.4 is 10.1 Å². The summed E-state index contributed by atoms with van der Waals surface area (Å²) < 4.78 is 5.51. The maximum absolute atomic E-state index is 5.51. The Morgan fingerprint density at radius 3 is 2.82 bits per heavy atom. The predicted molar refractivity (Wildman–Crippen MR) is 69.1 cm³/mol. The second-order valence-corrected chi connectivity index (χ2v) is 3.71. The highest BCUT2D eigenvalue weighted by molar-refractivity contribution is 5.38. The minimum absolute atomic E-state index is 0.283. The average Bonchev–Trinajstić information content (AvgIpc) is 2.29. The minimum atomic E-state index is -0.283. The second kappa shape index (κ2) is 6.74. The molecule has 0 radical (unpaired) electrons. The molecule has 0 aliphatic carbocycles. The van der Waals surface area contributed by atoms with E-state index in [0.29, 0.717) is 5.88 Å². The van der Waals surface area contributed by atoms with Crippen molar-refractivity contribution in [3.8, 4) is 18.2 Å². The zero-order valence-electron chi connectivity index (χ0n) is 10.7. The molecule has 0 aliphatic heterocycles. The van der Waals surface area contributed by atoms with Gasteiger partial charge in [-0.15, -0.1) is 6.42 Å². The number of nitrogens with one attached hydrogen (secondary N) is 1. The maximum atomic E-state index is 5.51. The number of nitrogens with zero attached hydrogens (tertiary/aromatic N) is 2. The average molecular weight is 233 g/mol. The summed E-state index contributed by atoms with van der Waals surface area (Å²) in [7, 11) is 0. The van der Waals surface area contributed by atoms with Crippen LogP contribution in [-0.2, 0) is 6.42 Å². The highest BCUT2D eigenvalue weighted by atomic mass is 16.5. The van der Waals surface area contributed by atoms with E-state index in [1.165, 1.54) is 0 Å². The van der Waals surface area contributed by atoms with Crippen molar-refractivity contribution in [2.75, 3.05) is 11.9 Å². The molecule has 1 aromatic rings. The van der Waals surface area contributed by atoms with Gasteiger partial charge in [0.15, 0.2) is 6.10 Å². The number of hydrogen-bond donors (Lipinski definition) is 1. The monoisotopic (exact) mass is 233 g/mol. The van der Waals surface area contributed by atoms with Crippen LogP contribution in [0.5, 0.6) is 5.88 Å². The molecule has 17 heavy (non-hydrogen) atoms. The first-order valence-corrected chi connectivity index (χ1v) is 5.94. The van der Waals surface area contributed by atoms with Gasteiger partial charge in [-0.1, -0.05) is 12.8 Å². The van der Waals surface area contributed by atoms with E-state index >= 15 is 0 Å². The third-order valence-electron chi connectivity index (χ3n) is 2.11. The zero-order valence-corrected chi connectivity index (χ0v) is 10.7. The molecular formula is C13H19N3O. The summed E-state index contributed by atoms with van der Waals surface area (Å²) in [6.07, 6.45) is 6.83. The molecule has 0 fully saturated rings. The van der Waals surface area contributed by atoms with Crippen LogP contribution in [0.25, 0.3) is 0 Å². The third-order valence-corrected chi connectivity index (χ3v) is 2.11. The molecule has 92 valence electrons. The van der Waals surface area contributed by atoms with Crippen molar-refractivity contribution in [2.45, 2.75) is 39.7 Å². The Hall–Kier alpha value is -1.76. The van der Waals surface area contributed by atoms with Crippen LogP contribution in [-0.4, -0.2) is 22.6 Å². The summed E-state index contributed by atoms with van der Waals surface area (Å²) in [5.74, 6) is 4.61. The van der Waals surface area contributed by atoms with E-state index in [9.17, 15) is 0 Å². The quantitative estimate of drug-likeness (QED) is 0.766. The Labute approximate surface area is 103 Å². The number of anilines is 1. The van der Waals surface area contributed by atoms with Crippen molar-refractivity contribution in [1.29, 1.82) is 0 Å². The van der Waals surface area contributed by atoms with Crippen molar-refractivity contribution < 1.29 is 4.74 Å². The van der Waals surface area contributed by atoms with Crippen LogP contribution in [0.4, 0.5) is 5.82 Å². The van der Waals surface area contributed by atoms with Gasteiger partial charge in [0.05, 0.1) is 0 Å². The third kappa shape index (κ3) is 4.31. The SMILES string of the molecule is C#CC(C)Oc1cc(NCC)nc(CCC)n1. The lowest BCUT2D eigenvalue weighted by atomic mass is 10.3. The fourth-order valence-corrected chi connectivity index (χ4v) is 1.36. The molecule has 1 rings (SSSR count). The Kier molecular flexibility index (Phi) is 5.28. The molecule has 4 nitrogen and oxygen atoms in total. The summed E-state index contributed by atoms with van der Waals surface area (Å²) in [6, 6.07) is 1.77. The van der Waals surface area contributed by atoms with Crippen molar-refractivity contribution in [3.63, 3.8) is 0 Å². The van der Waals surface area contributed by atoms with Crippen LogP contribution in [0, 0.1) is 12.3 Å². The fraction of sp³-hybridized carbons (Fsp3) is 0.538. The Balaban J connectivity index is 2.91. The molecule has 1 aromatic heterocycles. The normalized spacial score (nSPS) is 11.6. The number of terminal acetylenes is 1. The number of aryl methyl sites for hydroxylation is 1. The molecule has 1 heterocycles. The van der Waals surface area contributed by atoms with Crippen LogP contribution in [0.15, 0.2) is 6.07 Å². The lowest BCUT2D eigenvalue weighted by Gasteiger charge is -2.11. The molecule has 0 bridgehead atoms. The maximum Gasteiger partial charge on any atom is 0.219 e. The van der Waals surface area contributed by atoms with Gasteiger partial charge < -0.3 is 10.1 Å². The Morgan fingerprint density at radius 2 is 2.24 bits per heavy atom. The highest BCUT2D eigenvalue weighted by Crippen LogP contribution is 2.15. The molecule has 1 N–H and O–H groups in total. The van der Waals surface area contributed by atoms with Gasteiger partial charge in [0.1, 0.15) is 11.6 Å². The molecule has 0 aromatic carbocycles. The van der Waals surface area contributed by atoms with E-state index in [-0.39, 0.29) is 6.10 Å². The zero-order chi connectivity index (χ0) is 12.7. The molecule has 1 unspecified atom stereocenters. The molecular weight excluding hydrogens is 214 g/mol. The Bertz CT molecular complexity index is 374. The van der Waals surface area contributed by atoms with E-state index in [4.69, 9.17) is 11.2 Å². The van der Waals surface area contributed by atoms with Gasteiger partial charge in [-0.2, -0.15) is 4.98 Å². The Morgan fingerprint density at radius 1 is 1.47 bits per heavy atom. The largest absolute Gasteiger partial charge is 0.461 e. The van der Waals surface area contributed by atoms with Crippen LogP contribution in [0.2, 0.25) is 0 Å². The second-order valence-electron chi connectivity index (χ2n) is 3.71. The molecule has 0 saturated carbocycles. The van der Waals surface area contributed by atoms with Crippen molar-refractivity contribution in [1.82, 2.24) is 9.97 Å². The topological polar surface area (TPSA) is 47.0 Å². The van der Waals surface area contributed by atoms with Crippen molar-refractivity contribution >= 4 is 5.82 Å². The number of ether oxygens (including phenoxy) is 1. The summed E-state index contributed by atoms with van der Waals surface area (Å²) in [5.41, 5.74) is 0. The molecule has 0 amide bonds. The van der Waals surface area contributed by atoms with Gasteiger partial charge in [0.25, 0.3) is 0 Å². The molecule has 0 spiro atoms. The predicted octanol–water partition coefficient (Wildman–Crippen LogP) is 2.26. The van der Waals surface area contributed by atoms with Gasteiger partial charge in [0, 0.05) is 19.0 Å². The number of hydrogen-bond acceptors (Lipinski definition) is 4. The standard InChI is InChI=1S/C13H19N3O/c1-5-8-11-15-12(14-7-3)9-13(16-11)17-10(4)6-2/h2,9-10H,5,7-8H2,1,3-4H3,(H,14,15,16). The van der Waals surface area contributed by atoms with E-state index in [1.54, 1.807) is 6.07 Å². The number of aromatic nitrogens is 2. The van der Waals surface area contributed by atoms with Gasteiger partial charge in [-0.3, -0.25) is 0 Å². The molecule has 4 heteroatoms. The first-order valence-electron chi connectivity index (χ1n) is 5.94. The summed E-state index contributed by atoms with van der Waals surface area (Å²) in [5, 5.41) is 3.16. The van der Waals surface area contributed by atoms with E-state index in [1.807, 2.05) is 13.8 Å². The summed E-state index contributed by atoms with van der Waals surface area (Å²) in [6.45, 7) is 6.74. The minimum Gasteiger partial charge on any atom is -0.461 e. The smallest absolute Gasteiger partial charge is 0.219 e. The van der Waals surface area contributed by atoms with Crippen LogP contribution in [0.1, 0.15) is 33.0 Å². The lowest BCUT2D eigenvalue weighted by Crippen LogP contribution is -2.12. The summed E-state index contributed by atoms with van der Waals surface area (Å²) >= 11 is 0. The van der Waals surface area contributed by atoms with Crippen molar-refractivity contribution in [3.05, 3.63) is 11.9 Å². The summed E-state index contributed by atoms with van der Waals surface area (Å²) in [4.78, 5) is 8.72. The number of rotatable bonds is 6. The van der Waals surface area contributed by atoms with E-state index < -0.39 is 0 Å². The van der Waals surface area contributed by atoms with Crippen LogP contribution >= 0.6 is 0 Å². The first-order chi connectivity index (χ1) is 8.19. The van der Waals surface area contributed by atoms with Gasteiger partial charge in [-0.25, -0.2) is 4.98 Å². The fourth-order valence-electron chi connectivity index (χ4n) is 1.36. The lowest BCUT2D eigenvalue weighted by molar-refractivity contribution is 0.266. The van der Waals surface area contributed by atoms with Gasteiger partial charge >= 0.3 is 0 Å². The highest BCUT2D eigenvalue weighted by Gasteiger charge is 2.07. The van der Waals surface area contributed by atoms with Crippen molar-refractivity contribution in [2.24, 2.45) is 0 Å². The first kappa shape index (κ1) is 13.3. The van der Waals surface area contributed by atoms with Gasteiger partial charge in [-0.05, 0) is 20.3 Å². The molecule has 0 saturated heterocycles. The van der Waals surface area contributed by atoms with Gasteiger partial charge in [0.2, 0.25) is 5.88 Å². The molecule has 0 aliphatic rings. The van der Waals surface area contributed by atoms with E-state index in [2.05, 4.69) is 28.1 Å².